The van der Waals surface area contributed by atoms with Gasteiger partial charge in [0.2, 0.25) is 5.88 Å². The maximum Gasteiger partial charge on any atom is 0.331 e. The molecule has 1 aliphatic heterocycles. The summed E-state index contributed by atoms with van der Waals surface area (Å²) in [5.41, 5.74) is -0.492. The molecule has 1 aromatic rings. The lowest BCUT2D eigenvalue weighted by Crippen LogP contribution is -2.34. The first-order chi connectivity index (χ1) is 7.65. The number of aromatic amines is 1. The third-order valence-electron chi connectivity index (χ3n) is 2.50. The molecule has 8 nitrogen and oxygen atoms in total. The molecule has 88 valence electrons. The molecule has 1 aliphatic rings. The van der Waals surface area contributed by atoms with Crippen LogP contribution >= 0.6 is 0 Å². The van der Waals surface area contributed by atoms with Crippen molar-refractivity contribution < 1.29 is 15.1 Å². The maximum atomic E-state index is 11.5. The second kappa shape index (κ2) is 3.99. The quantitative estimate of drug-likeness (QED) is 0.483. The number of aromatic nitrogens is 2. The lowest BCUT2D eigenvalue weighted by Gasteiger charge is -2.14. The Labute approximate surface area is 89.1 Å². The fourth-order valence-corrected chi connectivity index (χ4v) is 1.70. The number of hydrogen-bond donors (Lipinski definition) is 4. The van der Waals surface area contributed by atoms with Crippen molar-refractivity contribution >= 4 is 5.69 Å². The number of ether oxygens (including phenoxy) is 1. The molecule has 1 saturated heterocycles. The number of H-pyrrole nitrogens is 1. The van der Waals surface area contributed by atoms with Gasteiger partial charge in [0.25, 0.3) is 5.56 Å². The summed E-state index contributed by atoms with van der Waals surface area (Å²) in [5, 5.41) is 18.4. The Balaban J connectivity index is 2.60. The molecule has 4 N–H and O–H groups in total. The molecular formula is C8H11N3O5. The van der Waals surface area contributed by atoms with E-state index in [0.717, 1.165) is 4.57 Å². The smallest absolute Gasteiger partial charge is 0.331 e. The average Bonchev–Trinajstić information content (AvgIpc) is 2.70. The predicted octanol–water partition coefficient (Wildman–Crippen LogP) is -0.995. The van der Waals surface area contributed by atoms with Crippen molar-refractivity contribution in [1.82, 2.24) is 9.55 Å². The van der Waals surface area contributed by atoms with Crippen molar-refractivity contribution in [2.45, 2.75) is 12.5 Å². The maximum absolute atomic E-state index is 11.5. The van der Waals surface area contributed by atoms with Gasteiger partial charge in [-0.3, -0.25) is 25.0 Å². The zero-order valence-corrected chi connectivity index (χ0v) is 8.27. The van der Waals surface area contributed by atoms with Gasteiger partial charge >= 0.3 is 5.69 Å². The monoisotopic (exact) mass is 229 g/mol. The first kappa shape index (κ1) is 10.7. The van der Waals surface area contributed by atoms with Crippen molar-refractivity contribution in [1.29, 1.82) is 0 Å². The van der Waals surface area contributed by atoms with Crippen LogP contribution in [0.15, 0.2) is 9.59 Å². The zero-order chi connectivity index (χ0) is 11.7. The highest BCUT2D eigenvalue weighted by atomic mass is 16.5. The van der Waals surface area contributed by atoms with Crippen LogP contribution in [0.4, 0.5) is 5.69 Å². The molecule has 1 atom stereocenters. The van der Waals surface area contributed by atoms with Gasteiger partial charge in [0.15, 0.2) is 5.69 Å². The van der Waals surface area contributed by atoms with E-state index in [2.05, 4.69) is 0 Å². The Morgan fingerprint density at radius 2 is 2.25 bits per heavy atom. The van der Waals surface area contributed by atoms with Gasteiger partial charge < -0.3 is 9.84 Å². The number of hydrogen-bond acceptors (Lipinski definition) is 6. The van der Waals surface area contributed by atoms with Crippen LogP contribution in [0.2, 0.25) is 0 Å². The Kier molecular flexibility index (Phi) is 2.67. The normalized spacial score (nSPS) is 19.9. The number of rotatable bonds is 2. The Morgan fingerprint density at radius 1 is 1.50 bits per heavy atom. The summed E-state index contributed by atoms with van der Waals surface area (Å²) in [6.45, 7) is 0.766. The van der Waals surface area contributed by atoms with E-state index in [4.69, 9.17) is 9.94 Å². The lowest BCUT2D eigenvalue weighted by atomic mass is 10.2. The van der Waals surface area contributed by atoms with Crippen LogP contribution in [0.25, 0.3) is 0 Å². The van der Waals surface area contributed by atoms with Crippen molar-refractivity contribution in [3.05, 3.63) is 20.8 Å². The summed E-state index contributed by atoms with van der Waals surface area (Å²) in [4.78, 5) is 24.7. The van der Waals surface area contributed by atoms with E-state index in [0.29, 0.717) is 13.0 Å². The van der Waals surface area contributed by atoms with Crippen LogP contribution in [-0.4, -0.2) is 33.1 Å². The molecule has 0 amide bonds. The highest BCUT2D eigenvalue weighted by molar-refractivity contribution is 5.48. The molecule has 8 heteroatoms. The second-order valence-electron chi connectivity index (χ2n) is 3.46. The van der Waals surface area contributed by atoms with Crippen molar-refractivity contribution in [3.63, 3.8) is 0 Å². The van der Waals surface area contributed by atoms with E-state index in [1.807, 2.05) is 4.98 Å². The van der Waals surface area contributed by atoms with Gasteiger partial charge in [0.05, 0.1) is 12.6 Å². The fourth-order valence-electron chi connectivity index (χ4n) is 1.70. The average molecular weight is 229 g/mol. The standard InChI is InChI=1S/C8H11N3O5/c12-6-5(10-15)7(13)11(8(14)9-6)4-1-2-16-3-4/h4,10,13,15H,1-3H2,(H,9,12,14). The Bertz CT molecular complexity index is 499. The van der Waals surface area contributed by atoms with E-state index in [1.54, 1.807) is 5.48 Å². The molecule has 1 unspecified atom stereocenters. The third kappa shape index (κ3) is 1.57. The van der Waals surface area contributed by atoms with Gasteiger partial charge in [-0.2, -0.15) is 0 Å². The van der Waals surface area contributed by atoms with Gasteiger partial charge in [-0.25, -0.2) is 4.79 Å². The van der Waals surface area contributed by atoms with Crippen molar-refractivity contribution in [2.24, 2.45) is 0 Å². The minimum Gasteiger partial charge on any atom is -0.493 e. The molecular weight excluding hydrogens is 218 g/mol. The second-order valence-corrected chi connectivity index (χ2v) is 3.46. The largest absolute Gasteiger partial charge is 0.493 e. The van der Waals surface area contributed by atoms with Crippen LogP contribution < -0.4 is 16.7 Å². The highest BCUT2D eigenvalue weighted by Crippen LogP contribution is 2.24. The molecule has 0 bridgehead atoms. The number of anilines is 1. The van der Waals surface area contributed by atoms with E-state index < -0.39 is 22.8 Å². The predicted molar refractivity (Wildman–Crippen MR) is 52.9 cm³/mol. The summed E-state index contributed by atoms with van der Waals surface area (Å²) in [6.07, 6.45) is 0.560. The summed E-state index contributed by atoms with van der Waals surface area (Å²) < 4.78 is 6.07. The Morgan fingerprint density at radius 3 is 2.81 bits per heavy atom. The number of nitrogens with zero attached hydrogens (tertiary/aromatic N) is 1. The molecule has 16 heavy (non-hydrogen) atoms. The SMILES string of the molecule is O=c1[nH]c(=O)n(C2CCOC2)c(O)c1NO. The van der Waals surface area contributed by atoms with Crippen LogP contribution in [0.5, 0.6) is 5.88 Å². The van der Waals surface area contributed by atoms with E-state index in [-0.39, 0.29) is 12.6 Å². The first-order valence-corrected chi connectivity index (χ1v) is 4.70. The molecule has 0 spiro atoms. The van der Waals surface area contributed by atoms with Crippen LogP contribution in [-0.2, 0) is 4.74 Å². The molecule has 1 aromatic heterocycles. The summed E-state index contributed by atoms with van der Waals surface area (Å²) >= 11 is 0. The molecule has 2 heterocycles. The minimum atomic E-state index is -0.875. The highest BCUT2D eigenvalue weighted by Gasteiger charge is 2.24. The molecule has 0 saturated carbocycles. The van der Waals surface area contributed by atoms with E-state index in [9.17, 15) is 14.7 Å². The molecule has 1 fully saturated rings. The Hall–Kier alpha value is -1.80. The van der Waals surface area contributed by atoms with Crippen molar-refractivity contribution in [2.75, 3.05) is 18.7 Å². The van der Waals surface area contributed by atoms with Gasteiger partial charge in [-0.15, -0.1) is 0 Å². The molecule has 2 rings (SSSR count). The van der Waals surface area contributed by atoms with E-state index >= 15 is 0 Å². The first-order valence-electron chi connectivity index (χ1n) is 4.70. The minimum absolute atomic E-state index is 0.282. The van der Waals surface area contributed by atoms with Gasteiger partial charge in [-0.1, -0.05) is 0 Å². The van der Waals surface area contributed by atoms with Gasteiger partial charge in [0, 0.05) is 6.61 Å². The molecule has 0 radical (unpaired) electrons. The van der Waals surface area contributed by atoms with Gasteiger partial charge in [0.1, 0.15) is 0 Å². The van der Waals surface area contributed by atoms with Crippen LogP contribution in [0.3, 0.4) is 0 Å². The summed E-state index contributed by atoms with van der Waals surface area (Å²) in [7, 11) is 0. The third-order valence-corrected chi connectivity index (χ3v) is 2.50. The van der Waals surface area contributed by atoms with Crippen molar-refractivity contribution in [3.8, 4) is 5.88 Å². The zero-order valence-electron chi connectivity index (χ0n) is 8.27. The summed E-state index contributed by atoms with van der Waals surface area (Å²) in [6, 6.07) is -0.337. The number of nitrogens with one attached hydrogen (secondary N) is 2. The number of aromatic hydroxyl groups is 1. The topological polar surface area (TPSA) is 117 Å². The van der Waals surface area contributed by atoms with Gasteiger partial charge in [-0.05, 0) is 6.42 Å². The summed E-state index contributed by atoms with van der Waals surface area (Å²) in [5.74, 6) is -0.591. The van der Waals surface area contributed by atoms with Crippen LogP contribution in [0.1, 0.15) is 12.5 Å². The molecule has 0 aliphatic carbocycles. The lowest BCUT2D eigenvalue weighted by molar-refractivity contribution is 0.183. The van der Waals surface area contributed by atoms with E-state index in [1.165, 1.54) is 0 Å². The van der Waals surface area contributed by atoms with Crippen LogP contribution in [0, 0.1) is 0 Å². The fraction of sp³-hybridized carbons (Fsp3) is 0.500. The molecule has 0 aromatic carbocycles.